The lowest BCUT2D eigenvalue weighted by atomic mass is 9.85. The van der Waals surface area contributed by atoms with Crippen LogP contribution in [0.5, 0.6) is 23.0 Å². The molecule has 2 aromatic carbocycles. The van der Waals surface area contributed by atoms with Crippen molar-refractivity contribution in [1.29, 1.82) is 0 Å². The lowest BCUT2D eigenvalue weighted by molar-refractivity contribution is -0.135. The number of methoxy groups -OCH3 is 3. The summed E-state index contributed by atoms with van der Waals surface area (Å²) in [6.45, 7) is 0. The van der Waals surface area contributed by atoms with E-state index in [0.29, 0.717) is 17.2 Å². The van der Waals surface area contributed by atoms with Crippen LogP contribution < -0.4 is 18.9 Å². The standard InChI is InChI=1S/C18H18O5/c1-20-11-8-15(22-3)18-13(10-17(19)23-16(18)9-11)12-6-4-5-7-14(12)21-2/h4-9,13H,10H2,1-3H3/t13-/m0/s1. The van der Waals surface area contributed by atoms with Gasteiger partial charge in [-0.3, -0.25) is 4.79 Å². The molecule has 120 valence electrons. The van der Waals surface area contributed by atoms with Crippen LogP contribution in [0.25, 0.3) is 0 Å². The summed E-state index contributed by atoms with van der Waals surface area (Å²) in [6, 6.07) is 11.2. The number of hydrogen-bond acceptors (Lipinski definition) is 5. The van der Waals surface area contributed by atoms with Crippen molar-refractivity contribution in [2.24, 2.45) is 0 Å². The Labute approximate surface area is 134 Å². The maximum atomic E-state index is 12.1. The summed E-state index contributed by atoms with van der Waals surface area (Å²) in [7, 11) is 4.76. The van der Waals surface area contributed by atoms with Crippen molar-refractivity contribution < 1.29 is 23.7 Å². The van der Waals surface area contributed by atoms with Crippen LogP contribution in [0.15, 0.2) is 36.4 Å². The van der Waals surface area contributed by atoms with Crippen molar-refractivity contribution in [3.63, 3.8) is 0 Å². The van der Waals surface area contributed by atoms with Crippen LogP contribution in [0.4, 0.5) is 0 Å². The number of rotatable bonds is 4. The molecule has 0 saturated carbocycles. The Hall–Kier alpha value is -2.69. The lowest BCUT2D eigenvalue weighted by Crippen LogP contribution is -2.22. The van der Waals surface area contributed by atoms with Crippen molar-refractivity contribution in [3.05, 3.63) is 47.5 Å². The minimum Gasteiger partial charge on any atom is -0.496 e. The van der Waals surface area contributed by atoms with Gasteiger partial charge in [0.25, 0.3) is 0 Å². The summed E-state index contributed by atoms with van der Waals surface area (Å²) < 4.78 is 21.6. The predicted octanol–water partition coefficient (Wildman–Crippen LogP) is 3.15. The van der Waals surface area contributed by atoms with E-state index in [1.165, 1.54) is 0 Å². The minimum atomic E-state index is -0.288. The maximum absolute atomic E-state index is 12.1. The first-order valence-corrected chi connectivity index (χ1v) is 7.27. The van der Waals surface area contributed by atoms with Crippen molar-refractivity contribution in [3.8, 4) is 23.0 Å². The van der Waals surface area contributed by atoms with E-state index in [-0.39, 0.29) is 18.3 Å². The van der Waals surface area contributed by atoms with E-state index in [1.54, 1.807) is 33.5 Å². The average Bonchev–Trinajstić information content (AvgIpc) is 2.59. The highest BCUT2D eigenvalue weighted by molar-refractivity contribution is 5.79. The van der Waals surface area contributed by atoms with E-state index in [0.717, 1.165) is 16.9 Å². The molecule has 0 aliphatic carbocycles. The van der Waals surface area contributed by atoms with Crippen molar-refractivity contribution in [2.75, 3.05) is 21.3 Å². The predicted molar refractivity (Wildman–Crippen MR) is 84.6 cm³/mol. The molecule has 0 N–H and O–H groups in total. The van der Waals surface area contributed by atoms with Crippen LogP contribution in [0, 0.1) is 0 Å². The van der Waals surface area contributed by atoms with Crippen molar-refractivity contribution in [1.82, 2.24) is 0 Å². The molecule has 2 aromatic rings. The second-order valence-corrected chi connectivity index (χ2v) is 5.21. The Morgan fingerprint density at radius 1 is 1.00 bits per heavy atom. The molecule has 1 atom stereocenters. The fraction of sp³-hybridized carbons (Fsp3) is 0.278. The molecular formula is C18H18O5. The molecule has 0 bridgehead atoms. The highest BCUT2D eigenvalue weighted by Crippen LogP contribution is 2.47. The minimum absolute atomic E-state index is 0.191. The van der Waals surface area contributed by atoms with E-state index < -0.39 is 0 Å². The zero-order chi connectivity index (χ0) is 16.4. The number of benzene rings is 2. The van der Waals surface area contributed by atoms with E-state index >= 15 is 0 Å². The van der Waals surface area contributed by atoms with Gasteiger partial charge in [0, 0.05) is 29.2 Å². The highest BCUT2D eigenvalue weighted by Gasteiger charge is 2.33. The number of carbonyl (C=O) groups excluding carboxylic acids is 1. The molecular weight excluding hydrogens is 296 g/mol. The molecule has 5 heteroatoms. The van der Waals surface area contributed by atoms with Gasteiger partial charge in [-0.1, -0.05) is 18.2 Å². The van der Waals surface area contributed by atoms with Crippen LogP contribution >= 0.6 is 0 Å². The molecule has 0 aromatic heterocycles. The summed E-state index contributed by atoms with van der Waals surface area (Å²) >= 11 is 0. The summed E-state index contributed by atoms with van der Waals surface area (Å²) in [4.78, 5) is 12.1. The van der Waals surface area contributed by atoms with Gasteiger partial charge < -0.3 is 18.9 Å². The lowest BCUT2D eigenvalue weighted by Gasteiger charge is -2.28. The van der Waals surface area contributed by atoms with E-state index in [9.17, 15) is 4.79 Å². The average molecular weight is 314 g/mol. The van der Waals surface area contributed by atoms with E-state index in [1.807, 2.05) is 24.3 Å². The SMILES string of the molecule is COc1cc(OC)c2c(c1)OC(=O)C[C@H]2c1ccccc1OC. The molecule has 0 saturated heterocycles. The Balaban J connectivity index is 2.20. The largest absolute Gasteiger partial charge is 0.496 e. The Morgan fingerprint density at radius 3 is 2.43 bits per heavy atom. The number of para-hydroxylation sites is 1. The fourth-order valence-corrected chi connectivity index (χ4v) is 2.94. The molecule has 0 radical (unpaired) electrons. The fourth-order valence-electron chi connectivity index (χ4n) is 2.94. The van der Waals surface area contributed by atoms with Crippen molar-refractivity contribution >= 4 is 5.97 Å². The zero-order valence-electron chi connectivity index (χ0n) is 13.3. The van der Waals surface area contributed by atoms with Crippen molar-refractivity contribution in [2.45, 2.75) is 12.3 Å². The third-order valence-corrected chi connectivity index (χ3v) is 3.99. The second kappa shape index (κ2) is 6.20. The van der Waals surface area contributed by atoms with Gasteiger partial charge in [-0.25, -0.2) is 0 Å². The van der Waals surface area contributed by atoms with Gasteiger partial charge in [-0.05, 0) is 6.07 Å². The normalized spacial score (nSPS) is 16.3. The first-order valence-electron chi connectivity index (χ1n) is 7.27. The molecule has 1 aliphatic rings. The van der Waals surface area contributed by atoms with Gasteiger partial charge in [-0.15, -0.1) is 0 Å². The van der Waals surface area contributed by atoms with Gasteiger partial charge in [0.1, 0.15) is 23.0 Å². The van der Waals surface area contributed by atoms with Crippen LogP contribution in [0.3, 0.4) is 0 Å². The molecule has 1 heterocycles. The highest BCUT2D eigenvalue weighted by atomic mass is 16.5. The zero-order valence-corrected chi connectivity index (χ0v) is 13.3. The molecule has 0 unspecified atom stereocenters. The monoisotopic (exact) mass is 314 g/mol. The van der Waals surface area contributed by atoms with Crippen LogP contribution in [0.1, 0.15) is 23.5 Å². The molecule has 0 amide bonds. The topological polar surface area (TPSA) is 54.0 Å². The third-order valence-electron chi connectivity index (χ3n) is 3.99. The summed E-state index contributed by atoms with van der Waals surface area (Å²) in [5.74, 6) is 1.92. The van der Waals surface area contributed by atoms with Gasteiger partial charge >= 0.3 is 5.97 Å². The number of esters is 1. The van der Waals surface area contributed by atoms with Gasteiger partial charge in [0.2, 0.25) is 0 Å². The van der Waals surface area contributed by atoms with Gasteiger partial charge in [0.05, 0.1) is 27.8 Å². The summed E-state index contributed by atoms with van der Waals surface area (Å²) in [5.41, 5.74) is 1.76. The number of carbonyl (C=O) groups is 1. The number of fused-ring (bicyclic) bond motifs is 1. The molecule has 0 spiro atoms. The first-order chi connectivity index (χ1) is 11.2. The van der Waals surface area contributed by atoms with E-state index in [2.05, 4.69) is 0 Å². The van der Waals surface area contributed by atoms with Gasteiger partial charge in [0.15, 0.2) is 0 Å². The first kappa shape index (κ1) is 15.2. The molecule has 5 nitrogen and oxygen atoms in total. The number of ether oxygens (including phenoxy) is 4. The maximum Gasteiger partial charge on any atom is 0.312 e. The summed E-state index contributed by atoms with van der Waals surface area (Å²) in [6.07, 6.45) is 0.232. The summed E-state index contributed by atoms with van der Waals surface area (Å²) in [5, 5.41) is 0. The molecule has 1 aliphatic heterocycles. The Kier molecular flexibility index (Phi) is 4.10. The third kappa shape index (κ3) is 2.70. The second-order valence-electron chi connectivity index (χ2n) is 5.21. The quantitative estimate of drug-likeness (QED) is 0.641. The number of hydrogen-bond donors (Lipinski definition) is 0. The van der Waals surface area contributed by atoms with Gasteiger partial charge in [-0.2, -0.15) is 0 Å². The molecule has 3 rings (SSSR count). The van der Waals surface area contributed by atoms with Crippen LogP contribution in [0.2, 0.25) is 0 Å². The molecule has 0 fully saturated rings. The molecule has 23 heavy (non-hydrogen) atoms. The van der Waals surface area contributed by atoms with Crippen LogP contribution in [-0.2, 0) is 4.79 Å². The van der Waals surface area contributed by atoms with Crippen LogP contribution in [-0.4, -0.2) is 27.3 Å². The Morgan fingerprint density at radius 2 is 1.74 bits per heavy atom. The van der Waals surface area contributed by atoms with E-state index in [4.69, 9.17) is 18.9 Å². The Bertz CT molecular complexity index is 738. The smallest absolute Gasteiger partial charge is 0.312 e.